The highest BCUT2D eigenvalue weighted by molar-refractivity contribution is 6.34. The molecule has 0 fully saturated rings. The number of nitro benzene ring substituents is 1. The molecule has 0 bridgehead atoms. The Hall–Kier alpha value is -1.82. The number of benzene rings is 1. The van der Waals surface area contributed by atoms with Gasteiger partial charge in [-0.25, -0.2) is 0 Å². The van der Waals surface area contributed by atoms with Crippen molar-refractivity contribution in [2.24, 2.45) is 5.92 Å². The Labute approximate surface area is 129 Å². The van der Waals surface area contributed by atoms with Crippen molar-refractivity contribution in [1.29, 1.82) is 0 Å². The first-order chi connectivity index (χ1) is 9.77. The van der Waals surface area contributed by atoms with Crippen LogP contribution in [0.4, 0.5) is 11.4 Å². The summed E-state index contributed by atoms with van der Waals surface area (Å²) in [4.78, 5) is 22.7. The van der Waals surface area contributed by atoms with Crippen molar-refractivity contribution in [2.75, 3.05) is 11.9 Å². The van der Waals surface area contributed by atoms with Crippen LogP contribution in [0.2, 0.25) is 5.02 Å². The van der Waals surface area contributed by atoms with E-state index in [1.54, 1.807) is 0 Å². The highest BCUT2D eigenvalue weighted by Gasteiger charge is 2.22. The smallest absolute Gasteiger partial charge is 0.294 e. The third-order valence-corrected chi connectivity index (χ3v) is 3.54. The number of halogens is 1. The van der Waals surface area contributed by atoms with Gasteiger partial charge in [0.05, 0.1) is 9.95 Å². The fourth-order valence-electron chi connectivity index (χ4n) is 1.68. The molecule has 0 spiro atoms. The number of nitro groups is 1. The average Bonchev–Trinajstić information content (AvgIpc) is 2.40. The summed E-state index contributed by atoms with van der Waals surface area (Å²) in [5, 5.41) is 16.9. The molecular formula is C14H20ClN3O3. The van der Waals surface area contributed by atoms with E-state index >= 15 is 0 Å². The molecule has 6 nitrogen and oxygen atoms in total. The third-order valence-electron chi connectivity index (χ3n) is 3.24. The van der Waals surface area contributed by atoms with Crippen molar-refractivity contribution in [2.45, 2.75) is 33.7 Å². The van der Waals surface area contributed by atoms with E-state index in [1.165, 1.54) is 12.1 Å². The van der Waals surface area contributed by atoms with Gasteiger partial charge in [0.1, 0.15) is 5.69 Å². The summed E-state index contributed by atoms with van der Waals surface area (Å²) < 4.78 is 0. The highest BCUT2D eigenvalue weighted by Crippen LogP contribution is 2.33. The largest absolute Gasteiger partial charge is 0.379 e. The van der Waals surface area contributed by atoms with Crippen LogP contribution >= 0.6 is 11.6 Å². The van der Waals surface area contributed by atoms with Crippen LogP contribution in [0.3, 0.4) is 0 Å². The molecule has 2 N–H and O–H groups in total. The molecule has 1 aromatic rings. The number of amides is 1. The van der Waals surface area contributed by atoms with Crippen LogP contribution in [0.5, 0.6) is 0 Å². The van der Waals surface area contributed by atoms with Crippen molar-refractivity contribution in [3.63, 3.8) is 0 Å². The van der Waals surface area contributed by atoms with E-state index in [9.17, 15) is 14.9 Å². The van der Waals surface area contributed by atoms with Gasteiger partial charge in [-0.05, 0) is 25.8 Å². The van der Waals surface area contributed by atoms with Crippen LogP contribution in [-0.2, 0) is 0 Å². The molecule has 0 aromatic heterocycles. The van der Waals surface area contributed by atoms with Crippen LogP contribution in [0.1, 0.15) is 38.1 Å². The second-order valence-corrected chi connectivity index (χ2v) is 5.55. The van der Waals surface area contributed by atoms with Crippen LogP contribution in [0.15, 0.2) is 12.1 Å². The van der Waals surface area contributed by atoms with Gasteiger partial charge >= 0.3 is 0 Å². The first-order valence-electron chi connectivity index (χ1n) is 6.80. The minimum atomic E-state index is -0.549. The lowest BCUT2D eigenvalue weighted by Gasteiger charge is -2.17. The summed E-state index contributed by atoms with van der Waals surface area (Å²) >= 11 is 6.05. The minimum Gasteiger partial charge on any atom is -0.379 e. The van der Waals surface area contributed by atoms with Crippen molar-refractivity contribution >= 4 is 28.9 Å². The number of carbonyl (C=O) groups is 1. The van der Waals surface area contributed by atoms with Crippen LogP contribution in [0, 0.1) is 16.0 Å². The van der Waals surface area contributed by atoms with Crippen LogP contribution in [-0.4, -0.2) is 23.4 Å². The molecule has 1 amide bonds. The lowest BCUT2D eigenvalue weighted by Crippen LogP contribution is -2.36. The summed E-state index contributed by atoms with van der Waals surface area (Å²) in [5.41, 5.74) is 0.213. The standard InChI is InChI=1S/C14H20ClN3O3/c1-5-16-13-11(15)6-10(7-12(13)18(20)21)14(19)17-9(4)8(2)3/h6-9,16H,5H2,1-4H3,(H,17,19). The monoisotopic (exact) mass is 313 g/mol. The van der Waals surface area contributed by atoms with E-state index in [0.717, 1.165) is 0 Å². The molecule has 0 saturated carbocycles. The van der Waals surface area contributed by atoms with E-state index in [2.05, 4.69) is 10.6 Å². The Bertz CT molecular complexity index is 547. The van der Waals surface area contributed by atoms with Gasteiger partial charge in [0.15, 0.2) is 0 Å². The molecule has 0 aliphatic rings. The second-order valence-electron chi connectivity index (χ2n) is 5.15. The maximum absolute atomic E-state index is 12.1. The highest BCUT2D eigenvalue weighted by atomic mass is 35.5. The number of rotatable bonds is 6. The molecule has 1 unspecified atom stereocenters. The molecule has 1 rings (SSSR count). The summed E-state index contributed by atoms with van der Waals surface area (Å²) in [6.45, 7) is 8.15. The molecule has 0 radical (unpaired) electrons. The molecule has 116 valence electrons. The lowest BCUT2D eigenvalue weighted by molar-refractivity contribution is -0.384. The molecule has 1 aromatic carbocycles. The average molecular weight is 314 g/mol. The number of nitrogens with one attached hydrogen (secondary N) is 2. The van der Waals surface area contributed by atoms with Gasteiger partial charge < -0.3 is 10.6 Å². The number of anilines is 1. The summed E-state index contributed by atoms with van der Waals surface area (Å²) in [6.07, 6.45) is 0. The zero-order valence-electron chi connectivity index (χ0n) is 12.6. The van der Waals surface area contributed by atoms with E-state index in [4.69, 9.17) is 11.6 Å². The van der Waals surface area contributed by atoms with Crippen LogP contribution < -0.4 is 10.6 Å². The lowest BCUT2D eigenvalue weighted by atomic mass is 10.1. The molecule has 0 heterocycles. The Kier molecular flexibility index (Phi) is 5.96. The van der Waals surface area contributed by atoms with Gasteiger partial charge in [-0.15, -0.1) is 0 Å². The quantitative estimate of drug-likeness (QED) is 0.622. The minimum absolute atomic E-state index is 0.0382. The Morgan fingerprint density at radius 2 is 2.00 bits per heavy atom. The SMILES string of the molecule is CCNc1c(Cl)cc(C(=O)NC(C)C(C)C)cc1[N+](=O)[O-]. The Morgan fingerprint density at radius 3 is 2.48 bits per heavy atom. The Morgan fingerprint density at radius 1 is 1.38 bits per heavy atom. The van der Waals surface area contributed by atoms with Crippen LogP contribution in [0.25, 0.3) is 0 Å². The normalized spacial score (nSPS) is 12.1. The number of hydrogen-bond acceptors (Lipinski definition) is 4. The van der Waals surface area contributed by atoms with Gasteiger partial charge in [0.25, 0.3) is 11.6 Å². The van der Waals surface area contributed by atoms with E-state index in [0.29, 0.717) is 6.54 Å². The van der Waals surface area contributed by atoms with Gasteiger partial charge in [-0.1, -0.05) is 25.4 Å². The van der Waals surface area contributed by atoms with Crippen molar-refractivity contribution in [3.8, 4) is 0 Å². The first-order valence-corrected chi connectivity index (χ1v) is 7.18. The van der Waals surface area contributed by atoms with Gasteiger partial charge in [0.2, 0.25) is 0 Å². The number of nitrogens with zero attached hydrogens (tertiary/aromatic N) is 1. The summed E-state index contributed by atoms with van der Waals surface area (Å²) in [7, 11) is 0. The third kappa shape index (κ3) is 4.32. The number of hydrogen-bond donors (Lipinski definition) is 2. The molecule has 7 heteroatoms. The van der Waals surface area contributed by atoms with E-state index < -0.39 is 4.92 Å². The van der Waals surface area contributed by atoms with Crippen molar-refractivity contribution in [1.82, 2.24) is 5.32 Å². The molecule has 0 aliphatic carbocycles. The zero-order valence-corrected chi connectivity index (χ0v) is 13.3. The molecule has 0 saturated heterocycles. The fourth-order valence-corrected chi connectivity index (χ4v) is 1.96. The van der Waals surface area contributed by atoms with Gasteiger partial charge in [-0.3, -0.25) is 14.9 Å². The predicted molar refractivity (Wildman–Crippen MR) is 84.0 cm³/mol. The molecule has 0 aliphatic heterocycles. The summed E-state index contributed by atoms with van der Waals surface area (Å²) in [5.74, 6) is -0.107. The maximum atomic E-state index is 12.1. The number of carbonyl (C=O) groups excluding carboxylic acids is 1. The van der Waals surface area contributed by atoms with E-state index in [-0.39, 0.29) is 39.8 Å². The van der Waals surface area contributed by atoms with Crippen molar-refractivity contribution in [3.05, 3.63) is 32.8 Å². The maximum Gasteiger partial charge on any atom is 0.294 e. The Balaban J connectivity index is 3.15. The van der Waals surface area contributed by atoms with E-state index in [1.807, 2.05) is 27.7 Å². The second kappa shape index (κ2) is 7.26. The summed E-state index contributed by atoms with van der Waals surface area (Å²) in [6, 6.07) is 2.64. The zero-order chi connectivity index (χ0) is 16.2. The van der Waals surface area contributed by atoms with Crippen molar-refractivity contribution < 1.29 is 9.72 Å². The van der Waals surface area contributed by atoms with Gasteiger partial charge in [0, 0.05) is 24.2 Å². The molecular weight excluding hydrogens is 294 g/mol. The first kappa shape index (κ1) is 17.2. The predicted octanol–water partition coefficient (Wildman–Crippen LogP) is 3.45. The topological polar surface area (TPSA) is 84.3 Å². The fraction of sp³-hybridized carbons (Fsp3) is 0.500. The van der Waals surface area contributed by atoms with Gasteiger partial charge in [-0.2, -0.15) is 0 Å². The molecule has 1 atom stereocenters. The molecule has 21 heavy (non-hydrogen) atoms.